The lowest BCUT2D eigenvalue weighted by atomic mass is 10.2. The van der Waals surface area contributed by atoms with Crippen LogP contribution < -0.4 is 5.32 Å². The van der Waals surface area contributed by atoms with Crippen LogP contribution in [0.25, 0.3) is 10.9 Å². The highest BCUT2D eigenvalue weighted by atomic mass is 16.5. The van der Waals surface area contributed by atoms with Gasteiger partial charge in [-0.25, -0.2) is 4.79 Å². The van der Waals surface area contributed by atoms with Gasteiger partial charge in [-0.3, -0.25) is 9.69 Å². The van der Waals surface area contributed by atoms with E-state index in [0.29, 0.717) is 12.2 Å². The topological polar surface area (TPSA) is 74.4 Å². The first kappa shape index (κ1) is 14.6. The van der Waals surface area contributed by atoms with Gasteiger partial charge in [-0.05, 0) is 32.0 Å². The highest BCUT2D eigenvalue weighted by Gasteiger charge is 2.21. The van der Waals surface area contributed by atoms with Crippen molar-refractivity contribution < 1.29 is 14.3 Å². The van der Waals surface area contributed by atoms with Gasteiger partial charge in [-0.15, -0.1) is 0 Å². The molecule has 1 fully saturated rings. The lowest BCUT2D eigenvalue weighted by Crippen LogP contribution is -2.31. The van der Waals surface area contributed by atoms with Crippen LogP contribution in [-0.4, -0.2) is 48.5 Å². The molecule has 22 heavy (non-hydrogen) atoms. The standard InChI is InChI=1S/C16H19N3O3/c1-22-16(21)15-14(11-6-2-3-7-12(11)17-15)18-13(20)10-19-8-4-5-9-19/h2-3,6-7,17H,4-5,8-10H2,1H3,(H,18,20). The van der Waals surface area contributed by atoms with Crippen molar-refractivity contribution in [3.8, 4) is 0 Å². The fraction of sp³-hybridized carbons (Fsp3) is 0.375. The predicted molar refractivity (Wildman–Crippen MR) is 83.9 cm³/mol. The average molecular weight is 301 g/mol. The van der Waals surface area contributed by atoms with E-state index in [0.717, 1.165) is 36.8 Å². The van der Waals surface area contributed by atoms with E-state index in [1.165, 1.54) is 7.11 Å². The number of aromatic amines is 1. The molecule has 1 aliphatic rings. The number of likely N-dealkylation sites (tertiary alicyclic amines) is 1. The highest BCUT2D eigenvalue weighted by Crippen LogP contribution is 2.28. The highest BCUT2D eigenvalue weighted by molar-refractivity contribution is 6.11. The maximum absolute atomic E-state index is 12.3. The first-order chi connectivity index (χ1) is 10.7. The summed E-state index contributed by atoms with van der Waals surface area (Å²) in [6, 6.07) is 7.46. The number of methoxy groups -OCH3 is 1. The van der Waals surface area contributed by atoms with Crippen LogP contribution in [0, 0.1) is 0 Å². The SMILES string of the molecule is COC(=O)c1[nH]c2ccccc2c1NC(=O)CN1CCCC1. The van der Waals surface area contributed by atoms with Gasteiger partial charge >= 0.3 is 5.97 Å². The van der Waals surface area contributed by atoms with E-state index < -0.39 is 5.97 Å². The number of carbonyl (C=O) groups is 2. The lowest BCUT2D eigenvalue weighted by Gasteiger charge is -2.14. The Labute approximate surface area is 128 Å². The largest absolute Gasteiger partial charge is 0.464 e. The minimum atomic E-state index is -0.493. The van der Waals surface area contributed by atoms with Gasteiger partial charge in [0.05, 0.1) is 19.3 Å². The van der Waals surface area contributed by atoms with E-state index in [9.17, 15) is 9.59 Å². The van der Waals surface area contributed by atoms with Crippen LogP contribution in [0.1, 0.15) is 23.3 Å². The minimum absolute atomic E-state index is 0.114. The van der Waals surface area contributed by atoms with Gasteiger partial charge in [0.25, 0.3) is 0 Å². The fourth-order valence-electron chi connectivity index (χ4n) is 2.85. The fourth-order valence-corrected chi connectivity index (χ4v) is 2.85. The third-order valence-corrected chi connectivity index (χ3v) is 3.93. The molecule has 0 bridgehead atoms. The molecule has 6 nitrogen and oxygen atoms in total. The van der Waals surface area contributed by atoms with Crippen LogP contribution in [0.3, 0.4) is 0 Å². The van der Waals surface area contributed by atoms with Gasteiger partial charge in [0.15, 0.2) is 0 Å². The lowest BCUT2D eigenvalue weighted by molar-refractivity contribution is -0.117. The molecular formula is C16H19N3O3. The van der Waals surface area contributed by atoms with Crippen molar-refractivity contribution in [2.45, 2.75) is 12.8 Å². The van der Waals surface area contributed by atoms with Gasteiger partial charge in [0.2, 0.25) is 5.91 Å². The maximum atomic E-state index is 12.3. The van der Waals surface area contributed by atoms with E-state index in [2.05, 4.69) is 15.2 Å². The molecule has 0 aliphatic carbocycles. The van der Waals surface area contributed by atoms with Crippen LogP contribution in [0.15, 0.2) is 24.3 Å². The zero-order chi connectivity index (χ0) is 15.5. The second-order valence-corrected chi connectivity index (χ2v) is 5.44. The number of hydrogen-bond donors (Lipinski definition) is 2. The van der Waals surface area contributed by atoms with Crippen molar-refractivity contribution in [2.75, 3.05) is 32.1 Å². The summed E-state index contributed by atoms with van der Waals surface area (Å²) in [7, 11) is 1.32. The number of para-hydroxylation sites is 1. The number of nitrogens with one attached hydrogen (secondary N) is 2. The molecular weight excluding hydrogens is 282 g/mol. The Hall–Kier alpha value is -2.34. The molecule has 116 valence electrons. The van der Waals surface area contributed by atoms with Crippen molar-refractivity contribution in [2.24, 2.45) is 0 Å². The molecule has 1 saturated heterocycles. The number of benzene rings is 1. The zero-order valence-electron chi connectivity index (χ0n) is 12.5. The molecule has 2 N–H and O–H groups in total. The molecule has 3 rings (SSSR count). The summed E-state index contributed by atoms with van der Waals surface area (Å²) >= 11 is 0. The monoisotopic (exact) mass is 301 g/mol. The predicted octanol–water partition coefficient (Wildman–Crippen LogP) is 1.99. The number of nitrogens with zero attached hydrogens (tertiary/aromatic N) is 1. The molecule has 2 aromatic rings. The van der Waals surface area contributed by atoms with E-state index in [1.54, 1.807) is 0 Å². The van der Waals surface area contributed by atoms with Crippen LogP contribution in [0.4, 0.5) is 5.69 Å². The molecule has 0 radical (unpaired) electrons. The van der Waals surface area contributed by atoms with Gasteiger partial charge in [0, 0.05) is 10.9 Å². The summed E-state index contributed by atoms with van der Waals surface area (Å²) in [5, 5.41) is 3.67. The number of ether oxygens (including phenoxy) is 1. The van der Waals surface area contributed by atoms with Crippen LogP contribution in [0.5, 0.6) is 0 Å². The minimum Gasteiger partial charge on any atom is -0.464 e. The van der Waals surface area contributed by atoms with Gasteiger partial charge in [-0.1, -0.05) is 18.2 Å². The summed E-state index contributed by atoms with van der Waals surface area (Å²) in [5.74, 6) is -0.607. The molecule has 0 unspecified atom stereocenters. The second-order valence-electron chi connectivity index (χ2n) is 5.44. The first-order valence-corrected chi connectivity index (χ1v) is 7.40. The second kappa shape index (κ2) is 6.19. The van der Waals surface area contributed by atoms with Crippen molar-refractivity contribution in [1.82, 2.24) is 9.88 Å². The van der Waals surface area contributed by atoms with Crippen LogP contribution in [-0.2, 0) is 9.53 Å². The average Bonchev–Trinajstić information content (AvgIpc) is 3.15. The van der Waals surface area contributed by atoms with Gasteiger partial charge in [0.1, 0.15) is 5.69 Å². The van der Waals surface area contributed by atoms with Crippen LogP contribution in [0.2, 0.25) is 0 Å². The Morgan fingerprint density at radius 2 is 2.00 bits per heavy atom. The van der Waals surface area contributed by atoms with Crippen molar-refractivity contribution in [3.05, 3.63) is 30.0 Å². The summed E-state index contributed by atoms with van der Waals surface area (Å²) in [6.07, 6.45) is 2.27. The molecule has 0 saturated carbocycles. The van der Waals surface area contributed by atoms with Crippen LogP contribution >= 0.6 is 0 Å². The number of amides is 1. The molecule has 0 atom stereocenters. The number of rotatable bonds is 4. The summed E-state index contributed by atoms with van der Waals surface area (Å²) in [5.41, 5.74) is 1.56. The third kappa shape index (κ3) is 2.82. The Kier molecular flexibility index (Phi) is 4.11. The number of carbonyl (C=O) groups excluding carboxylic acids is 2. The number of anilines is 1. The van der Waals surface area contributed by atoms with Gasteiger partial charge < -0.3 is 15.0 Å². The van der Waals surface area contributed by atoms with Crippen molar-refractivity contribution in [1.29, 1.82) is 0 Å². The number of hydrogen-bond acceptors (Lipinski definition) is 4. The number of H-pyrrole nitrogens is 1. The Morgan fingerprint density at radius 3 is 2.73 bits per heavy atom. The molecule has 2 heterocycles. The Morgan fingerprint density at radius 1 is 1.27 bits per heavy atom. The first-order valence-electron chi connectivity index (χ1n) is 7.40. The molecule has 1 aromatic carbocycles. The zero-order valence-corrected chi connectivity index (χ0v) is 12.5. The summed E-state index contributed by atoms with van der Waals surface area (Å²) in [4.78, 5) is 29.3. The molecule has 1 aliphatic heterocycles. The van der Waals surface area contributed by atoms with E-state index in [4.69, 9.17) is 4.74 Å². The van der Waals surface area contributed by atoms with Gasteiger partial charge in [-0.2, -0.15) is 0 Å². The quantitative estimate of drug-likeness (QED) is 0.847. The normalized spacial score (nSPS) is 15.1. The summed E-state index contributed by atoms with van der Waals surface area (Å²) in [6.45, 7) is 2.25. The summed E-state index contributed by atoms with van der Waals surface area (Å²) < 4.78 is 4.79. The number of fused-ring (bicyclic) bond motifs is 1. The van der Waals surface area contributed by atoms with Crippen molar-refractivity contribution in [3.63, 3.8) is 0 Å². The molecule has 1 amide bonds. The van der Waals surface area contributed by atoms with E-state index >= 15 is 0 Å². The number of aromatic nitrogens is 1. The Balaban J connectivity index is 1.87. The smallest absolute Gasteiger partial charge is 0.356 e. The molecule has 6 heteroatoms. The number of esters is 1. The molecule has 1 aromatic heterocycles. The van der Waals surface area contributed by atoms with E-state index in [1.807, 2.05) is 24.3 Å². The maximum Gasteiger partial charge on any atom is 0.356 e. The molecule has 0 spiro atoms. The third-order valence-electron chi connectivity index (χ3n) is 3.93. The van der Waals surface area contributed by atoms with Crippen molar-refractivity contribution >= 4 is 28.5 Å². The van der Waals surface area contributed by atoms with E-state index in [-0.39, 0.29) is 11.6 Å². The Bertz CT molecular complexity index is 702.